The molecule has 2 rings (SSSR count). The highest BCUT2D eigenvalue weighted by Crippen LogP contribution is 2.35. The lowest BCUT2D eigenvalue weighted by Gasteiger charge is -2.03. The molecule has 0 spiro atoms. The van der Waals surface area contributed by atoms with Gasteiger partial charge >= 0.3 is 6.18 Å². The van der Waals surface area contributed by atoms with Crippen LogP contribution in [0.2, 0.25) is 5.02 Å². The summed E-state index contributed by atoms with van der Waals surface area (Å²) in [6, 6.07) is 0. The summed E-state index contributed by atoms with van der Waals surface area (Å²) < 4.78 is 53.7. The Morgan fingerprint density at radius 1 is 1.44 bits per heavy atom. The van der Waals surface area contributed by atoms with Gasteiger partial charge in [0.05, 0.1) is 28.7 Å². The minimum absolute atomic E-state index is 0.0108. The molecule has 12 heteroatoms. The van der Waals surface area contributed by atoms with Gasteiger partial charge in [0.2, 0.25) is 5.95 Å². The molecule has 0 saturated carbocycles. The largest absolute Gasteiger partial charge is 0.436 e. The number of hydrogen-bond donors (Lipinski definition) is 1. The number of aromatic nitrogens is 4. The number of alkyl halides is 3. The molecular formula is C13H13ClF4N6O. The van der Waals surface area contributed by atoms with Crippen molar-refractivity contribution in [1.82, 2.24) is 25.0 Å². The van der Waals surface area contributed by atoms with E-state index in [0.717, 1.165) is 15.6 Å². The molecule has 0 aromatic carbocycles. The summed E-state index contributed by atoms with van der Waals surface area (Å²) in [4.78, 5) is 11.7. The summed E-state index contributed by atoms with van der Waals surface area (Å²) in [6.07, 6.45) is -2.46. The normalized spacial score (nSPS) is 12.1. The van der Waals surface area contributed by atoms with Crippen LogP contribution in [0.25, 0.3) is 0 Å². The number of aryl methyl sites for hydroxylation is 1. The van der Waals surface area contributed by atoms with Crippen molar-refractivity contribution in [3.8, 4) is 0 Å². The van der Waals surface area contributed by atoms with Crippen LogP contribution in [0.1, 0.15) is 23.9 Å². The van der Waals surface area contributed by atoms with Crippen LogP contribution in [-0.4, -0.2) is 31.7 Å². The number of amides is 1. The van der Waals surface area contributed by atoms with Crippen LogP contribution < -0.4 is 5.43 Å². The monoisotopic (exact) mass is 380 g/mol. The number of halogens is 5. The minimum atomic E-state index is -4.72. The van der Waals surface area contributed by atoms with Gasteiger partial charge in [-0.25, -0.2) is 10.1 Å². The van der Waals surface area contributed by atoms with Crippen LogP contribution in [0.5, 0.6) is 0 Å². The molecule has 0 radical (unpaired) electrons. The van der Waals surface area contributed by atoms with Gasteiger partial charge < -0.3 is 0 Å². The number of nitrogens with zero attached hydrogens (tertiary/aromatic N) is 5. The average molecular weight is 381 g/mol. The van der Waals surface area contributed by atoms with Crippen LogP contribution in [-0.2, 0) is 24.1 Å². The lowest BCUT2D eigenvalue weighted by atomic mass is 10.3. The zero-order valence-corrected chi connectivity index (χ0v) is 13.9. The Balaban J connectivity index is 2.03. The average Bonchev–Trinajstić information content (AvgIpc) is 3.02. The first-order chi connectivity index (χ1) is 11.6. The van der Waals surface area contributed by atoms with Crippen LogP contribution >= 0.6 is 11.6 Å². The molecule has 1 N–H and O–H groups in total. The minimum Gasteiger partial charge on any atom is -0.271 e. The molecule has 2 heterocycles. The third kappa shape index (κ3) is 4.16. The van der Waals surface area contributed by atoms with Crippen molar-refractivity contribution in [1.29, 1.82) is 0 Å². The molecule has 0 fully saturated rings. The Bertz CT molecular complexity index is 810. The van der Waals surface area contributed by atoms with E-state index < -0.39 is 35.3 Å². The van der Waals surface area contributed by atoms with Crippen molar-refractivity contribution in [3.63, 3.8) is 0 Å². The van der Waals surface area contributed by atoms with Gasteiger partial charge in [-0.1, -0.05) is 11.6 Å². The summed E-state index contributed by atoms with van der Waals surface area (Å²) in [6.45, 7) is 2.80. The fourth-order valence-electron chi connectivity index (χ4n) is 1.90. The summed E-state index contributed by atoms with van der Waals surface area (Å²) in [7, 11) is 0. The lowest BCUT2D eigenvalue weighted by Crippen LogP contribution is -2.24. The van der Waals surface area contributed by atoms with E-state index >= 15 is 0 Å². The van der Waals surface area contributed by atoms with Gasteiger partial charge in [-0.15, -0.1) is 0 Å². The molecule has 0 aliphatic rings. The van der Waals surface area contributed by atoms with Crippen molar-refractivity contribution in [3.05, 3.63) is 34.1 Å². The van der Waals surface area contributed by atoms with E-state index in [2.05, 4.69) is 20.7 Å². The molecule has 0 aliphatic heterocycles. The van der Waals surface area contributed by atoms with Crippen LogP contribution in [0.3, 0.4) is 0 Å². The summed E-state index contributed by atoms with van der Waals surface area (Å²) in [5.74, 6) is -1.37. The lowest BCUT2D eigenvalue weighted by molar-refractivity contribution is -0.141. The molecule has 0 aliphatic carbocycles. The van der Waals surface area contributed by atoms with E-state index in [-0.39, 0.29) is 11.3 Å². The first kappa shape index (κ1) is 18.9. The molecule has 0 unspecified atom stereocenters. The van der Waals surface area contributed by atoms with Crippen LogP contribution in [0, 0.1) is 12.9 Å². The van der Waals surface area contributed by atoms with Crippen molar-refractivity contribution in [2.24, 2.45) is 5.10 Å². The molecule has 0 bridgehead atoms. The van der Waals surface area contributed by atoms with Crippen LogP contribution in [0.4, 0.5) is 17.6 Å². The second-order valence-electron chi connectivity index (χ2n) is 4.90. The smallest absolute Gasteiger partial charge is 0.271 e. The molecule has 2 aromatic rings. The van der Waals surface area contributed by atoms with Crippen molar-refractivity contribution in [2.45, 2.75) is 33.1 Å². The third-order valence-corrected chi connectivity index (χ3v) is 3.64. The zero-order chi connectivity index (χ0) is 18.8. The van der Waals surface area contributed by atoms with Crippen LogP contribution in [0.15, 0.2) is 11.3 Å². The Labute approximate surface area is 144 Å². The van der Waals surface area contributed by atoms with Gasteiger partial charge in [-0.05, 0) is 13.8 Å². The number of hydrogen-bond acceptors (Lipinski definition) is 4. The quantitative estimate of drug-likeness (QED) is 0.491. The molecule has 136 valence electrons. The highest BCUT2D eigenvalue weighted by molar-refractivity contribution is 6.32. The fourth-order valence-corrected chi connectivity index (χ4v) is 2.14. The van der Waals surface area contributed by atoms with E-state index in [1.54, 1.807) is 6.92 Å². The number of nitrogens with one attached hydrogen (secondary N) is 1. The predicted octanol–water partition coefficient (Wildman–Crippen LogP) is 2.37. The number of rotatable bonds is 5. The van der Waals surface area contributed by atoms with Gasteiger partial charge in [0.25, 0.3) is 5.91 Å². The van der Waals surface area contributed by atoms with Gasteiger partial charge in [0.1, 0.15) is 6.54 Å². The van der Waals surface area contributed by atoms with Crippen molar-refractivity contribution in [2.75, 3.05) is 0 Å². The number of carbonyl (C=O) groups excluding carboxylic acids is 1. The molecule has 0 atom stereocenters. The highest BCUT2D eigenvalue weighted by Gasteiger charge is 2.38. The summed E-state index contributed by atoms with van der Waals surface area (Å²) >= 11 is 5.58. The van der Waals surface area contributed by atoms with E-state index in [9.17, 15) is 22.4 Å². The second-order valence-corrected chi connectivity index (χ2v) is 5.28. The SMILES string of the molecule is CCn1ncc(C=NNC(=O)Cn2nc(C(F)(F)F)c(Cl)c2C)c1F. The van der Waals surface area contributed by atoms with Gasteiger partial charge in [-0.2, -0.15) is 32.9 Å². The topological polar surface area (TPSA) is 77.1 Å². The van der Waals surface area contributed by atoms with E-state index in [4.69, 9.17) is 11.6 Å². The Morgan fingerprint density at radius 2 is 2.12 bits per heavy atom. The molecule has 7 nitrogen and oxygen atoms in total. The molecule has 2 aromatic heterocycles. The first-order valence-corrected chi connectivity index (χ1v) is 7.36. The second kappa shape index (κ2) is 7.21. The van der Waals surface area contributed by atoms with Gasteiger partial charge in [0, 0.05) is 6.54 Å². The molecule has 1 amide bonds. The molecular weight excluding hydrogens is 368 g/mol. The standard InChI is InChI=1S/C13H13ClF4N6O/c1-3-23-12(15)8(5-20-23)4-19-21-9(25)6-24-7(2)10(14)11(22-24)13(16,17)18/h4-5H,3,6H2,1-2H3,(H,21,25). The van der Waals surface area contributed by atoms with Crippen molar-refractivity contribution >= 4 is 23.7 Å². The first-order valence-electron chi connectivity index (χ1n) is 6.98. The highest BCUT2D eigenvalue weighted by atomic mass is 35.5. The van der Waals surface area contributed by atoms with Crippen molar-refractivity contribution < 1.29 is 22.4 Å². The predicted molar refractivity (Wildman–Crippen MR) is 80.6 cm³/mol. The van der Waals surface area contributed by atoms with E-state index in [1.165, 1.54) is 13.1 Å². The molecule has 0 saturated heterocycles. The Morgan fingerprint density at radius 3 is 2.64 bits per heavy atom. The van der Waals surface area contributed by atoms with E-state index in [1.807, 2.05) is 0 Å². The molecule has 25 heavy (non-hydrogen) atoms. The van der Waals surface area contributed by atoms with E-state index in [0.29, 0.717) is 6.54 Å². The number of carbonyl (C=O) groups is 1. The fraction of sp³-hybridized carbons (Fsp3) is 0.385. The Kier molecular flexibility index (Phi) is 5.45. The summed E-state index contributed by atoms with van der Waals surface area (Å²) in [5.41, 5.74) is 0.848. The maximum absolute atomic E-state index is 13.7. The van der Waals surface area contributed by atoms with Gasteiger partial charge in [0.15, 0.2) is 5.69 Å². The van der Waals surface area contributed by atoms with Gasteiger partial charge in [-0.3, -0.25) is 9.48 Å². The summed E-state index contributed by atoms with van der Waals surface area (Å²) in [5, 5.41) is 10.0. The maximum Gasteiger partial charge on any atom is 0.436 e. The zero-order valence-electron chi connectivity index (χ0n) is 13.1. The number of hydrazone groups is 1. The third-order valence-electron chi connectivity index (χ3n) is 3.19. The Hall–Kier alpha value is -2.43. The maximum atomic E-state index is 13.7.